The van der Waals surface area contributed by atoms with Gasteiger partial charge in [-0.2, -0.15) is 0 Å². The molecule has 0 aliphatic rings. The molecule has 104 valence electrons. The number of aromatic carboxylic acids is 1. The molecule has 0 aliphatic carbocycles. The van der Waals surface area contributed by atoms with E-state index in [0.717, 1.165) is 11.1 Å². The topological polar surface area (TPSA) is 63.3 Å². The van der Waals surface area contributed by atoms with Crippen LogP contribution in [0, 0.1) is 0 Å². The van der Waals surface area contributed by atoms with Crippen LogP contribution in [0.3, 0.4) is 0 Å². The Morgan fingerprint density at radius 1 is 1.26 bits per heavy atom. The van der Waals surface area contributed by atoms with Crippen LogP contribution in [0.2, 0.25) is 0 Å². The van der Waals surface area contributed by atoms with E-state index in [1.54, 1.807) is 12.1 Å². The Labute approximate surface area is 115 Å². The first-order valence-electron chi connectivity index (χ1n) is 6.49. The van der Waals surface area contributed by atoms with E-state index < -0.39 is 5.97 Å². The van der Waals surface area contributed by atoms with Crippen molar-refractivity contribution in [2.75, 3.05) is 0 Å². The maximum atomic E-state index is 11.2. The summed E-state index contributed by atoms with van der Waals surface area (Å²) in [5.74, 6) is -0.924. The van der Waals surface area contributed by atoms with Crippen LogP contribution in [-0.2, 0) is 6.54 Å². The summed E-state index contributed by atoms with van der Waals surface area (Å²) in [5, 5.41) is 9.16. The second-order valence-corrected chi connectivity index (χ2v) is 3.63. The van der Waals surface area contributed by atoms with Crippen molar-refractivity contribution in [3.05, 3.63) is 53.1 Å². The smallest absolute Gasteiger partial charge is 0.336 e. The molecular weight excluding hydrogens is 238 g/mol. The molecule has 1 rings (SSSR count). The highest BCUT2D eigenvalue weighted by atomic mass is 16.4. The Kier molecular flexibility index (Phi) is 8.22. The van der Waals surface area contributed by atoms with Gasteiger partial charge >= 0.3 is 5.97 Å². The molecule has 0 aromatic heterocycles. The lowest BCUT2D eigenvalue weighted by molar-refractivity contribution is 0.0696. The molecule has 0 aliphatic heterocycles. The van der Waals surface area contributed by atoms with Crippen LogP contribution in [0.1, 0.15) is 49.2 Å². The number of benzene rings is 1. The second kappa shape index (κ2) is 9.11. The minimum atomic E-state index is -0.924. The van der Waals surface area contributed by atoms with Gasteiger partial charge in [0.2, 0.25) is 0 Å². The molecular formula is C16H23NO2. The molecule has 3 nitrogen and oxygen atoms in total. The summed E-state index contributed by atoms with van der Waals surface area (Å²) in [6, 6.07) is 5.18. The minimum absolute atomic E-state index is 0.299. The van der Waals surface area contributed by atoms with Crippen molar-refractivity contribution in [3.8, 4) is 0 Å². The lowest BCUT2D eigenvalue weighted by Gasteiger charge is -2.09. The molecule has 19 heavy (non-hydrogen) atoms. The van der Waals surface area contributed by atoms with Crippen molar-refractivity contribution in [2.45, 2.75) is 34.2 Å². The third-order valence-electron chi connectivity index (χ3n) is 2.52. The maximum Gasteiger partial charge on any atom is 0.336 e. The fourth-order valence-corrected chi connectivity index (χ4v) is 1.66. The van der Waals surface area contributed by atoms with E-state index in [9.17, 15) is 4.79 Å². The highest BCUT2D eigenvalue weighted by Crippen LogP contribution is 2.22. The minimum Gasteiger partial charge on any atom is -0.478 e. The molecule has 0 saturated carbocycles. The van der Waals surface area contributed by atoms with Crippen LogP contribution in [0.5, 0.6) is 0 Å². The fraction of sp³-hybridized carbons (Fsp3) is 0.312. The quantitative estimate of drug-likeness (QED) is 0.809. The molecule has 0 fully saturated rings. The van der Waals surface area contributed by atoms with Gasteiger partial charge < -0.3 is 10.8 Å². The number of carboxylic acid groups (broad SMARTS) is 1. The normalized spacial score (nSPS) is 11.1. The van der Waals surface area contributed by atoms with Crippen LogP contribution in [0.15, 0.2) is 36.4 Å². The summed E-state index contributed by atoms with van der Waals surface area (Å²) in [5.41, 5.74) is 8.40. The van der Waals surface area contributed by atoms with Gasteiger partial charge in [-0.05, 0) is 42.7 Å². The van der Waals surface area contributed by atoms with Gasteiger partial charge in [-0.25, -0.2) is 4.79 Å². The summed E-state index contributed by atoms with van der Waals surface area (Å²) >= 11 is 0. The van der Waals surface area contributed by atoms with Crippen molar-refractivity contribution in [3.63, 3.8) is 0 Å². The summed E-state index contributed by atoms with van der Waals surface area (Å²) in [6.45, 7) is 8.19. The van der Waals surface area contributed by atoms with E-state index in [2.05, 4.69) is 0 Å². The first-order chi connectivity index (χ1) is 9.13. The highest BCUT2D eigenvalue weighted by Gasteiger charge is 2.12. The monoisotopic (exact) mass is 261 g/mol. The molecule has 0 bridgehead atoms. The third kappa shape index (κ3) is 4.72. The van der Waals surface area contributed by atoms with Gasteiger partial charge in [-0.3, -0.25) is 0 Å². The fourth-order valence-electron chi connectivity index (χ4n) is 1.66. The van der Waals surface area contributed by atoms with Gasteiger partial charge in [-0.1, -0.05) is 38.1 Å². The summed E-state index contributed by atoms with van der Waals surface area (Å²) in [6.07, 6.45) is 5.67. The standard InChI is InChI=1S/C14H17NO2.C2H6/c1-3-5-11(4-2)13-8-10(9-15)6-7-12(13)14(16)17;1-2/h3-8H,9,15H2,1-2H3,(H,16,17);1-2H3/b5-3-,11-4+;. The average molecular weight is 261 g/mol. The number of hydrogen-bond acceptors (Lipinski definition) is 2. The van der Waals surface area contributed by atoms with Gasteiger partial charge in [0.15, 0.2) is 0 Å². The van der Waals surface area contributed by atoms with E-state index in [0.29, 0.717) is 17.7 Å². The van der Waals surface area contributed by atoms with Crippen LogP contribution >= 0.6 is 0 Å². The number of hydrogen-bond donors (Lipinski definition) is 2. The van der Waals surface area contributed by atoms with E-state index in [1.807, 2.05) is 52.0 Å². The number of nitrogens with two attached hydrogens (primary N) is 1. The van der Waals surface area contributed by atoms with Crippen molar-refractivity contribution in [2.24, 2.45) is 5.73 Å². The highest BCUT2D eigenvalue weighted by molar-refractivity contribution is 5.95. The largest absolute Gasteiger partial charge is 0.478 e. The molecule has 0 spiro atoms. The maximum absolute atomic E-state index is 11.2. The molecule has 1 aromatic rings. The van der Waals surface area contributed by atoms with Gasteiger partial charge in [0, 0.05) is 6.54 Å². The van der Waals surface area contributed by atoms with Crippen LogP contribution in [0.25, 0.3) is 5.57 Å². The summed E-state index contributed by atoms with van der Waals surface area (Å²) < 4.78 is 0. The molecule has 0 unspecified atom stereocenters. The number of carboxylic acids is 1. The molecule has 3 N–H and O–H groups in total. The molecule has 0 heterocycles. The first-order valence-corrected chi connectivity index (χ1v) is 6.49. The van der Waals surface area contributed by atoms with E-state index >= 15 is 0 Å². The van der Waals surface area contributed by atoms with E-state index in [-0.39, 0.29) is 0 Å². The average Bonchev–Trinajstić information content (AvgIpc) is 2.46. The van der Waals surface area contributed by atoms with Gasteiger partial charge in [0.1, 0.15) is 0 Å². The van der Waals surface area contributed by atoms with Gasteiger partial charge in [0.05, 0.1) is 5.56 Å². The second-order valence-electron chi connectivity index (χ2n) is 3.63. The van der Waals surface area contributed by atoms with Crippen molar-refractivity contribution < 1.29 is 9.90 Å². The lowest BCUT2D eigenvalue weighted by Crippen LogP contribution is -2.04. The zero-order valence-electron chi connectivity index (χ0n) is 12.1. The molecule has 3 heteroatoms. The predicted octanol–water partition coefficient (Wildman–Crippen LogP) is 3.85. The summed E-state index contributed by atoms with van der Waals surface area (Å²) in [7, 11) is 0. The Bertz CT molecular complexity index is 474. The zero-order chi connectivity index (χ0) is 14.8. The van der Waals surface area contributed by atoms with Crippen molar-refractivity contribution in [1.82, 2.24) is 0 Å². The number of rotatable bonds is 4. The van der Waals surface area contributed by atoms with Crippen molar-refractivity contribution >= 4 is 11.5 Å². The van der Waals surface area contributed by atoms with Gasteiger partial charge in [0.25, 0.3) is 0 Å². The molecule has 0 amide bonds. The third-order valence-corrected chi connectivity index (χ3v) is 2.52. The van der Waals surface area contributed by atoms with E-state index in [1.165, 1.54) is 0 Å². The number of carbonyl (C=O) groups is 1. The lowest BCUT2D eigenvalue weighted by atomic mass is 9.96. The van der Waals surface area contributed by atoms with Crippen molar-refractivity contribution in [1.29, 1.82) is 0 Å². The zero-order valence-corrected chi connectivity index (χ0v) is 12.1. The molecule has 0 saturated heterocycles. The molecule has 0 radical (unpaired) electrons. The van der Waals surface area contributed by atoms with Gasteiger partial charge in [-0.15, -0.1) is 0 Å². The predicted molar refractivity (Wildman–Crippen MR) is 81.1 cm³/mol. The SMILES string of the molecule is C/C=C\C(=C/C)c1cc(CN)ccc1C(=O)O.CC. The summed E-state index contributed by atoms with van der Waals surface area (Å²) in [4.78, 5) is 11.2. The molecule has 0 atom stereocenters. The van der Waals surface area contributed by atoms with Crippen LogP contribution in [0.4, 0.5) is 0 Å². The first kappa shape index (κ1) is 17.1. The molecule has 1 aromatic carbocycles. The van der Waals surface area contributed by atoms with Crippen LogP contribution < -0.4 is 5.73 Å². The van der Waals surface area contributed by atoms with Crippen LogP contribution in [-0.4, -0.2) is 11.1 Å². The number of allylic oxidation sites excluding steroid dienone is 4. The Morgan fingerprint density at radius 3 is 2.32 bits per heavy atom. The Hall–Kier alpha value is -1.87. The Balaban J connectivity index is 0.00000154. The van der Waals surface area contributed by atoms with E-state index in [4.69, 9.17) is 10.8 Å². The Morgan fingerprint density at radius 2 is 1.89 bits per heavy atom.